The number of hydrogen-bond donors (Lipinski definition) is 1. The van der Waals surface area contributed by atoms with Crippen molar-refractivity contribution in [3.63, 3.8) is 0 Å². The predicted molar refractivity (Wildman–Crippen MR) is 124 cm³/mol. The minimum Gasteiger partial charge on any atom is -0.343 e. The largest absolute Gasteiger partial charge is 0.343 e. The van der Waals surface area contributed by atoms with Crippen molar-refractivity contribution in [2.75, 3.05) is 13.1 Å². The SMILES string of the molecule is CC(=NC(=N)C1CCN(C(=O)CC2CC2)CC1)c1ccc2cnn(C3CCCC3)c2c1. The monoisotopic (exact) mass is 419 g/mol. The van der Waals surface area contributed by atoms with Crippen molar-refractivity contribution in [3.05, 3.63) is 30.0 Å². The van der Waals surface area contributed by atoms with Crippen LogP contribution >= 0.6 is 0 Å². The minimum absolute atomic E-state index is 0.146. The quantitative estimate of drug-likeness (QED) is 0.548. The Morgan fingerprint density at radius 2 is 1.87 bits per heavy atom. The summed E-state index contributed by atoms with van der Waals surface area (Å²) in [7, 11) is 0. The summed E-state index contributed by atoms with van der Waals surface area (Å²) in [6.07, 6.45) is 11.8. The lowest BCUT2D eigenvalue weighted by Crippen LogP contribution is -2.40. The number of carbonyl (C=O) groups is 1. The van der Waals surface area contributed by atoms with Crippen LogP contribution in [0.15, 0.2) is 29.4 Å². The summed E-state index contributed by atoms with van der Waals surface area (Å²) in [4.78, 5) is 19.0. The van der Waals surface area contributed by atoms with Crippen molar-refractivity contribution in [2.24, 2.45) is 16.8 Å². The zero-order valence-electron chi connectivity index (χ0n) is 18.5. The molecule has 164 valence electrons. The van der Waals surface area contributed by atoms with Crippen molar-refractivity contribution >= 4 is 28.4 Å². The van der Waals surface area contributed by atoms with E-state index in [0.29, 0.717) is 23.7 Å². The van der Waals surface area contributed by atoms with Crippen molar-refractivity contribution in [2.45, 2.75) is 70.8 Å². The molecular weight excluding hydrogens is 386 g/mol. The maximum Gasteiger partial charge on any atom is 0.222 e. The summed E-state index contributed by atoms with van der Waals surface area (Å²) in [5.74, 6) is 1.54. The molecule has 0 spiro atoms. The number of hydrogen-bond acceptors (Lipinski definition) is 3. The average Bonchev–Trinajstić information content (AvgIpc) is 3.26. The van der Waals surface area contributed by atoms with Gasteiger partial charge < -0.3 is 4.90 Å². The molecule has 1 aliphatic heterocycles. The summed E-state index contributed by atoms with van der Waals surface area (Å²) in [6.45, 7) is 3.53. The molecule has 0 bridgehead atoms. The van der Waals surface area contributed by atoms with E-state index in [4.69, 9.17) is 5.41 Å². The lowest BCUT2D eigenvalue weighted by Gasteiger charge is -2.31. The number of carbonyl (C=O) groups excluding carboxylic acids is 1. The van der Waals surface area contributed by atoms with Crippen molar-refractivity contribution in [3.8, 4) is 0 Å². The average molecular weight is 420 g/mol. The Labute approximate surface area is 184 Å². The van der Waals surface area contributed by atoms with Crippen LogP contribution in [0.1, 0.15) is 76.3 Å². The van der Waals surface area contributed by atoms with Gasteiger partial charge in [0.15, 0.2) is 0 Å². The van der Waals surface area contributed by atoms with Crippen LogP contribution in [0.2, 0.25) is 0 Å². The van der Waals surface area contributed by atoms with E-state index in [1.165, 1.54) is 49.4 Å². The summed E-state index contributed by atoms with van der Waals surface area (Å²) in [6, 6.07) is 6.91. The van der Waals surface area contributed by atoms with Gasteiger partial charge in [0.2, 0.25) is 5.91 Å². The van der Waals surface area contributed by atoms with Gasteiger partial charge in [0.05, 0.1) is 17.8 Å². The number of aliphatic imine (C=N–C) groups is 1. The summed E-state index contributed by atoms with van der Waals surface area (Å²) < 4.78 is 2.19. The second-order valence-electron chi connectivity index (χ2n) is 9.69. The van der Waals surface area contributed by atoms with Crippen molar-refractivity contribution in [1.29, 1.82) is 5.41 Å². The number of amidine groups is 1. The van der Waals surface area contributed by atoms with Gasteiger partial charge in [-0.2, -0.15) is 5.10 Å². The summed E-state index contributed by atoms with van der Waals surface area (Å²) >= 11 is 0. The molecule has 6 heteroatoms. The second kappa shape index (κ2) is 8.56. The molecule has 2 aliphatic carbocycles. The zero-order valence-corrected chi connectivity index (χ0v) is 18.5. The number of benzene rings is 1. The molecule has 31 heavy (non-hydrogen) atoms. The Bertz CT molecular complexity index is 1000. The molecule has 2 heterocycles. The molecule has 3 aliphatic rings. The second-order valence-corrected chi connectivity index (χ2v) is 9.69. The van der Waals surface area contributed by atoms with Crippen LogP contribution in [0.5, 0.6) is 0 Å². The third-order valence-corrected chi connectivity index (χ3v) is 7.37. The molecule has 1 aromatic carbocycles. The smallest absolute Gasteiger partial charge is 0.222 e. The number of piperidine rings is 1. The standard InChI is InChI=1S/C25H33N5O/c1-17(20-8-9-21-16-27-30(23(21)15-20)22-4-2-3-5-22)28-25(26)19-10-12-29(13-11-19)24(31)14-18-6-7-18/h8-9,15-16,18-19,22,26H,2-7,10-14H2,1H3. The number of nitrogens with zero attached hydrogens (tertiary/aromatic N) is 4. The topological polar surface area (TPSA) is 74.3 Å². The van der Waals surface area contributed by atoms with Crippen LogP contribution in [0.3, 0.4) is 0 Å². The highest BCUT2D eigenvalue weighted by Gasteiger charge is 2.30. The Morgan fingerprint density at radius 1 is 1.13 bits per heavy atom. The first-order chi connectivity index (χ1) is 15.1. The molecule has 3 fully saturated rings. The molecule has 0 atom stereocenters. The Kier molecular flexibility index (Phi) is 5.63. The van der Waals surface area contributed by atoms with E-state index in [2.05, 4.69) is 33.0 Å². The highest BCUT2D eigenvalue weighted by molar-refractivity contribution is 6.07. The molecule has 2 aromatic rings. The van der Waals surface area contributed by atoms with Crippen LogP contribution in [-0.2, 0) is 4.79 Å². The van der Waals surface area contributed by atoms with Gasteiger partial charge in [0.25, 0.3) is 0 Å². The van der Waals surface area contributed by atoms with Crippen molar-refractivity contribution in [1.82, 2.24) is 14.7 Å². The third kappa shape index (κ3) is 4.43. The van der Waals surface area contributed by atoms with Gasteiger partial charge in [-0.1, -0.05) is 25.0 Å². The molecule has 0 unspecified atom stereocenters. The van der Waals surface area contributed by atoms with E-state index >= 15 is 0 Å². The zero-order chi connectivity index (χ0) is 21.4. The number of likely N-dealkylation sites (tertiary alicyclic amines) is 1. The van der Waals surface area contributed by atoms with Gasteiger partial charge >= 0.3 is 0 Å². The first-order valence-corrected chi connectivity index (χ1v) is 12.0. The molecule has 2 saturated carbocycles. The van der Waals surface area contributed by atoms with Gasteiger partial charge in [0, 0.05) is 36.5 Å². The van der Waals surface area contributed by atoms with Gasteiger partial charge in [-0.05, 0) is 63.0 Å². The normalized spacial score (nSPS) is 21.2. The molecule has 1 aromatic heterocycles. The van der Waals surface area contributed by atoms with Gasteiger partial charge in [-0.3, -0.25) is 14.9 Å². The Hall–Kier alpha value is -2.50. The van der Waals surface area contributed by atoms with E-state index in [1.54, 1.807) is 0 Å². The number of fused-ring (bicyclic) bond motifs is 1. The molecule has 6 nitrogen and oxygen atoms in total. The summed E-state index contributed by atoms with van der Waals surface area (Å²) in [5.41, 5.74) is 3.13. The Morgan fingerprint density at radius 3 is 2.58 bits per heavy atom. The molecule has 1 amide bonds. The lowest BCUT2D eigenvalue weighted by atomic mass is 9.95. The van der Waals surface area contributed by atoms with Gasteiger partial charge in [-0.25, -0.2) is 4.99 Å². The first kappa shape index (κ1) is 20.4. The van der Waals surface area contributed by atoms with E-state index in [-0.39, 0.29) is 5.92 Å². The highest BCUT2D eigenvalue weighted by atomic mass is 16.2. The lowest BCUT2D eigenvalue weighted by molar-refractivity contribution is -0.132. The Balaban J connectivity index is 1.25. The minimum atomic E-state index is 0.146. The molecule has 1 saturated heterocycles. The number of rotatable bonds is 5. The molecule has 1 N–H and O–H groups in total. The molecule has 5 rings (SSSR count). The fourth-order valence-electron chi connectivity index (χ4n) is 5.14. The third-order valence-electron chi connectivity index (χ3n) is 7.37. The van der Waals surface area contributed by atoms with Crippen LogP contribution < -0.4 is 0 Å². The van der Waals surface area contributed by atoms with Crippen LogP contribution in [-0.4, -0.2) is 45.2 Å². The summed E-state index contributed by atoms with van der Waals surface area (Å²) in [5, 5.41) is 14.4. The van der Waals surface area contributed by atoms with Crippen molar-refractivity contribution < 1.29 is 4.79 Å². The van der Waals surface area contributed by atoms with Crippen LogP contribution in [0.4, 0.5) is 0 Å². The number of nitrogens with one attached hydrogen (secondary N) is 1. The predicted octanol–water partition coefficient (Wildman–Crippen LogP) is 4.98. The molecular formula is C25H33N5O. The fraction of sp³-hybridized carbons (Fsp3) is 0.600. The van der Waals surface area contributed by atoms with E-state index in [9.17, 15) is 4.79 Å². The number of amides is 1. The maximum absolute atomic E-state index is 12.3. The van der Waals surface area contributed by atoms with Gasteiger partial charge in [-0.15, -0.1) is 0 Å². The number of aromatic nitrogens is 2. The first-order valence-electron chi connectivity index (χ1n) is 12.0. The van der Waals surface area contributed by atoms with E-state index < -0.39 is 0 Å². The van der Waals surface area contributed by atoms with Crippen LogP contribution in [0, 0.1) is 17.2 Å². The fourth-order valence-corrected chi connectivity index (χ4v) is 5.14. The van der Waals surface area contributed by atoms with E-state index in [1.807, 2.05) is 18.0 Å². The van der Waals surface area contributed by atoms with Gasteiger partial charge in [0.1, 0.15) is 5.84 Å². The van der Waals surface area contributed by atoms with E-state index in [0.717, 1.165) is 43.6 Å². The molecule has 0 radical (unpaired) electrons. The highest BCUT2D eigenvalue weighted by Crippen LogP contribution is 2.34. The maximum atomic E-state index is 12.3. The van der Waals surface area contributed by atoms with Crippen LogP contribution in [0.25, 0.3) is 10.9 Å².